The number of rotatable bonds is 1. The molecule has 0 unspecified atom stereocenters. The van der Waals surface area contributed by atoms with Gasteiger partial charge < -0.3 is 10.2 Å². The molecule has 0 saturated carbocycles. The first-order chi connectivity index (χ1) is 5.15. The molecule has 1 aliphatic rings. The van der Waals surface area contributed by atoms with Crippen LogP contribution in [0.3, 0.4) is 0 Å². The molecule has 4 heteroatoms. The van der Waals surface area contributed by atoms with Crippen LogP contribution in [0.4, 0.5) is 0 Å². The molecule has 62 valence electrons. The Balaban J connectivity index is 2.29. The van der Waals surface area contributed by atoms with Crippen molar-refractivity contribution in [1.82, 2.24) is 10.2 Å². The van der Waals surface area contributed by atoms with Crippen LogP contribution < -0.4 is 5.32 Å². The number of hydrogen-bond acceptors (Lipinski definition) is 2. The summed E-state index contributed by atoms with van der Waals surface area (Å²) in [5.74, 6) is 0.0940. The van der Waals surface area contributed by atoms with Gasteiger partial charge in [0.15, 0.2) is 0 Å². The quantitative estimate of drug-likeness (QED) is 0.541. The van der Waals surface area contributed by atoms with Crippen LogP contribution in [0.1, 0.15) is 6.92 Å². The minimum atomic E-state index is 0.0175. The van der Waals surface area contributed by atoms with Crippen molar-refractivity contribution in [2.24, 2.45) is 5.92 Å². The highest BCUT2D eigenvalue weighted by atomic mass is 16.2. The third-order valence-electron chi connectivity index (χ3n) is 1.94. The Kier molecular flexibility index (Phi) is 2.12. The molecule has 1 heterocycles. The molecule has 1 rings (SSSR count). The fourth-order valence-electron chi connectivity index (χ4n) is 1.11. The second kappa shape index (κ2) is 2.90. The second-order valence-corrected chi connectivity index (χ2v) is 2.74. The predicted molar refractivity (Wildman–Crippen MR) is 39.8 cm³/mol. The number of carbonyl (C=O) groups excluding carboxylic acids is 2. The Morgan fingerprint density at radius 2 is 2.00 bits per heavy atom. The Hall–Kier alpha value is -1.06. The van der Waals surface area contributed by atoms with Gasteiger partial charge in [0.1, 0.15) is 0 Å². The molecule has 0 aliphatic carbocycles. The zero-order valence-electron chi connectivity index (χ0n) is 6.76. The van der Waals surface area contributed by atoms with Crippen molar-refractivity contribution in [3.63, 3.8) is 0 Å². The topological polar surface area (TPSA) is 49.4 Å². The average molecular weight is 156 g/mol. The number of amides is 2. The number of likely N-dealkylation sites (tertiary alicyclic amines) is 1. The molecule has 0 aromatic heterocycles. The lowest BCUT2D eigenvalue weighted by Crippen LogP contribution is -2.54. The van der Waals surface area contributed by atoms with E-state index in [1.54, 1.807) is 11.9 Å². The molecule has 0 spiro atoms. The molecule has 0 radical (unpaired) electrons. The molecule has 4 nitrogen and oxygen atoms in total. The van der Waals surface area contributed by atoms with Crippen molar-refractivity contribution in [3.05, 3.63) is 0 Å². The molecule has 0 atom stereocenters. The van der Waals surface area contributed by atoms with Crippen LogP contribution in [-0.2, 0) is 9.59 Å². The van der Waals surface area contributed by atoms with Crippen LogP contribution in [0.2, 0.25) is 0 Å². The van der Waals surface area contributed by atoms with E-state index in [1.807, 2.05) is 0 Å². The van der Waals surface area contributed by atoms with Gasteiger partial charge in [-0.1, -0.05) is 0 Å². The Morgan fingerprint density at radius 1 is 1.45 bits per heavy atom. The van der Waals surface area contributed by atoms with Gasteiger partial charge in [-0.15, -0.1) is 0 Å². The van der Waals surface area contributed by atoms with Crippen molar-refractivity contribution in [1.29, 1.82) is 0 Å². The zero-order valence-corrected chi connectivity index (χ0v) is 6.76. The molecule has 1 aliphatic heterocycles. The van der Waals surface area contributed by atoms with Gasteiger partial charge >= 0.3 is 0 Å². The van der Waals surface area contributed by atoms with Gasteiger partial charge in [0.05, 0.1) is 5.92 Å². The number of carbonyl (C=O) groups is 2. The van der Waals surface area contributed by atoms with Crippen LogP contribution in [-0.4, -0.2) is 36.9 Å². The fourth-order valence-corrected chi connectivity index (χ4v) is 1.11. The standard InChI is InChI=1S/C7H12N2O2/c1-5(10)9-3-6(4-9)7(11)8-2/h6H,3-4H2,1-2H3,(H,8,11). The monoisotopic (exact) mass is 156 g/mol. The highest BCUT2D eigenvalue weighted by molar-refractivity contribution is 5.83. The molecule has 0 aromatic carbocycles. The lowest BCUT2D eigenvalue weighted by molar-refractivity contribution is -0.141. The molecule has 2 amide bonds. The fraction of sp³-hybridized carbons (Fsp3) is 0.714. The zero-order chi connectivity index (χ0) is 8.43. The van der Waals surface area contributed by atoms with Crippen molar-refractivity contribution in [2.45, 2.75) is 6.92 Å². The van der Waals surface area contributed by atoms with E-state index >= 15 is 0 Å². The van der Waals surface area contributed by atoms with E-state index in [2.05, 4.69) is 5.32 Å². The number of nitrogens with zero attached hydrogens (tertiary/aromatic N) is 1. The summed E-state index contributed by atoms with van der Waals surface area (Å²) in [6, 6.07) is 0. The molecular formula is C7H12N2O2. The third-order valence-corrected chi connectivity index (χ3v) is 1.94. The summed E-state index contributed by atoms with van der Waals surface area (Å²) < 4.78 is 0. The van der Waals surface area contributed by atoms with Gasteiger partial charge in [0.2, 0.25) is 11.8 Å². The summed E-state index contributed by atoms with van der Waals surface area (Å²) in [5, 5.41) is 2.55. The van der Waals surface area contributed by atoms with E-state index in [1.165, 1.54) is 6.92 Å². The van der Waals surface area contributed by atoms with Crippen molar-refractivity contribution < 1.29 is 9.59 Å². The van der Waals surface area contributed by atoms with E-state index in [0.29, 0.717) is 13.1 Å². The average Bonchev–Trinajstić information content (AvgIpc) is 1.83. The Bertz CT molecular complexity index is 185. The maximum Gasteiger partial charge on any atom is 0.226 e. The maximum atomic E-state index is 10.9. The Labute approximate surface area is 65.6 Å². The third kappa shape index (κ3) is 1.50. The smallest absolute Gasteiger partial charge is 0.226 e. The highest BCUT2D eigenvalue weighted by Crippen LogP contribution is 2.14. The number of nitrogens with one attached hydrogen (secondary N) is 1. The van der Waals surface area contributed by atoms with Crippen LogP contribution >= 0.6 is 0 Å². The first-order valence-corrected chi connectivity index (χ1v) is 3.62. The summed E-state index contributed by atoms with van der Waals surface area (Å²) in [6.07, 6.45) is 0. The first kappa shape index (κ1) is 8.04. The number of hydrogen-bond donors (Lipinski definition) is 1. The molecule has 1 saturated heterocycles. The van der Waals surface area contributed by atoms with Crippen LogP contribution in [0.15, 0.2) is 0 Å². The van der Waals surface area contributed by atoms with Crippen molar-refractivity contribution in [2.75, 3.05) is 20.1 Å². The van der Waals surface area contributed by atoms with Gasteiger partial charge in [0.25, 0.3) is 0 Å². The van der Waals surface area contributed by atoms with Crippen molar-refractivity contribution in [3.8, 4) is 0 Å². The van der Waals surface area contributed by atoms with Gasteiger partial charge in [-0.2, -0.15) is 0 Å². The summed E-state index contributed by atoms with van der Waals surface area (Å²) >= 11 is 0. The van der Waals surface area contributed by atoms with Gasteiger partial charge in [-0.3, -0.25) is 9.59 Å². The van der Waals surface area contributed by atoms with E-state index < -0.39 is 0 Å². The van der Waals surface area contributed by atoms with Gasteiger partial charge in [-0.25, -0.2) is 0 Å². The van der Waals surface area contributed by atoms with E-state index in [9.17, 15) is 9.59 Å². The van der Waals surface area contributed by atoms with E-state index in [4.69, 9.17) is 0 Å². The summed E-state index contributed by atoms with van der Waals surface area (Å²) in [4.78, 5) is 23.2. The largest absolute Gasteiger partial charge is 0.359 e. The molecule has 0 bridgehead atoms. The van der Waals surface area contributed by atoms with Crippen LogP contribution in [0, 0.1) is 5.92 Å². The minimum absolute atomic E-state index is 0.0175. The molecule has 11 heavy (non-hydrogen) atoms. The molecule has 1 fully saturated rings. The highest BCUT2D eigenvalue weighted by Gasteiger charge is 2.33. The van der Waals surface area contributed by atoms with Gasteiger partial charge in [0, 0.05) is 27.1 Å². The first-order valence-electron chi connectivity index (χ1n) is 3.62. The maximum absolute atomic E-state index is 10.9. The second-order valence-electron chi connectivity index (χ2n) is 2.74. The lowest BCUT2D eigenvalue weighted by Gasteiger charge is -2.37. The predicted octanol–water partition coefficient (Wildman–Crippen LogP) is -0.789. The van der Waals surface area contributed by atoms with Gasteiger partial charge in [-0.05, 0) is 0 Å². The summed E-state index contributed by atoms with van der Waals surface area (Å²) in [7, 11) is 1.61. The molecule has 0 aromatic rings. The normalized spacial score (nSPS) is 17.5. The summed E-state index contributed by atoms with van der Waals surface area (Å²) in [5.41, 5.74) is 0. The summed E-state index contributed by atoms with van der Waals surface area (Å²) in [6.45, 7) is 2.67. The van der Waals surface area contributed by atoms with E-state index in [0.717, 1.165) is 0 Å². The lowest BCUT2D eigenvalue weighted by atomic mass is 9.99. The molecular weight excluding hydrogens is 144 g/mol. The van der Waals surface area contributed by atoms with E-state index in [-0.39, 0.29) is 17.7 Å². The Morgan fingerprint density at radius 3 is 2.36 bits per heavy atom. The van der Waals surface area contributed by atoms with Crippen LogP contribution in [0.25, 0.3) is 0 Å². The van der Waals surface area contributed by atoms with Crippen LogP contribution in [0.5, 0.6) is 0 Å². The minimum Gasteiger partial charge on any atom is -0.359 e. The van der Waals surface area contributed by atoms with Crippen molar-refractivity contribution >= 4 is 11.8 Å². The molecule has 1 N–H and O–H groups in total. The SMILES string of the molecule is CNC(=O)C1CN(C(C)=O)C1.